The van der Waals surface area contributed by atoms with Crippen molar-refractivity contribution in [2.45, 2.75) is 78.9 Å². The van der Waals surface area contributed by atoms with Crippen molar-refractivity contribution in [3.8, 4) is 10.4 Å². The van der Waals surface area contributed by atoms with Crippen molar-refractivity contribution in [1.82, 2.24) is 36.1 Å². The molecule has 0 spiro atoms. The number of hydrogen-bond donors (Lipinski definition) is 4. The summed E-state index contributed by atoms with van der Waals surface area (Å²) in [6, 6.07) is 13.8. The molecule has 2 aliphatic heterocycles. The Bertz CT molecular complexity index is 1870. The van der Waals surface area contributed by atoms with Crippen LogP contribution >= 0.6 is 11.3 Å². The van der Waals surface area contributed by atoms with Crippen LogP contribution in [0.3, 0.4) is 0 Å². The molecule has 2 fully saturated rings. The number of nitrogens with one attached hydrogen (secondary N) is 4. The van der Waals surface area contributed by atoms with Crippen molar-refractivity contribution < 1.29 is 28.7 Å². The van der Waals surface area contributed by atoms with Crippen LogP contribution in [0.4, 0.5) is 10.5 Å². The maximum Gasteiger partial charge on any atom is 0.406 e. The number of anilines is 1. The smallest absolute Gasteiger partial charge is 0.406 e. The number of piperazine rings is 1. The highest BCUT2D eigenvalue weighted by atomic mass is 32.1. The third-order valence-corrected chi connectivity index (χ3v) is 11.8. The van der Waals surface area contributed by atoms with Gasteiger partial charge in [0.2, 0.25) is 17.7 Å². The van der Waals surface area contributed by atoms with E-state index in [1.54, 1.807) is 28.4 Å². The van der Waals surface area contributed by atoms with Crippen LogP contribution in [0.15, 0.2) is 54.0 Å². The Hall–Kier alpha value is -5.02. The van der Waals surface area contributed by atoms with Crippen LogP contribution in [-0.2, 0) is 19.1 Å². The summed E-state index contributed by atoms with van der Waals surface area (Å²) in [5.41, 5.74) is 5.82. The molecule has 2 aliphatic rings. The second kappa shape index (κ2) is 20.1. The van der Waals surface area contributed by atoms with Gasteiger partial charge in [-0.25, -0.2) is 9.78 Å². The van der Waals surface area contributed by atoms with E-state index >= 15 is 0 Å². The van der Waals surface area contributed by atoms with Crippen LogP contribution in [-0.4, -0.2) is 116 Å². The third kappa shape index (κ3) is 11.8. The van der Waals surface area contributed by atoms with Gasteiger partial charge in [-0.05, 0) is 73.4 Å². The number of aryl methyl sites for hydroxylation is 1. The van der Waals surface area contributed by atoms with Gasteiger partial charge < -0.3 is 35.8 Å². The number of amides is 5. The number of ether oxygens (including phenoxy) is 1. The molecule has 5 rings (SSSR count). The first-order chi connectivity index (χ1) is 27.6. The Labute approximate surface area is 346 Å². The molecule has 0 unspecified atom stereocenters. The summed E-state index contributed by atoms with van der Waals surface area (Å²) < 4.78 is 5.09. The number of carbonyl (C=O) groups excluding carboxylic acids is 5. The fraction of sp³-hybridized carbons (Fsp3) is 0.535. The zero-order chi connectivity index (χ0) is 42.0. The van der Waals surface area contributed by atoms with Crippen molar-refractivity contribution in [3.63, 3.8) is 0 Å². The Balaban J connectivity index is 1.07. The van der Waals surface area contributed by atoms with Gasteiger partial charge in [0.1, 0.15) is 18.7 Å². The first-order valence-electron chi connectivity index (χ1n) is 20.2. The molecule has 3 heterocycles. The molecule has 2 aromatic carbocycles. The van der Waals surface area contributed by atoms with Crippen LogP contribution in [0.5, 0.6) is 0 Å². The number of aromatic nitrogens is 1. The number of benzene rings is 2. The van der Waals surface area contributed by atoms with Gasteiger partial charge in [-0.3, -0.25) is 24.1 Å². The zero-order valence-corrected chi connectivity index (χ0v) is 35.7. The number of likely N-dealkylation sites (tertiary alicyclic amines) is 1. The van der Waals surface area contributed by atoms with Gasteiger partial charge >= 0.3 is 6.09 Å². The molecule has 3 aromatic rings. The Morgan fingerprint density at radius 3 is 2.28 bits per heavy atom. The normalized spacial score (nSPS) is 18.3. The number of nitrogens with zero attached hydrogens (tertiary/aromatic N) is 4. The van der Waals surface area contributed by atoms with E-state index in [-0.39, 0.29) is 42.0 Å². The highest BCUT2D eigenvalue weighted by Crippen LogP contribution is 2.31. The molecular weight excluding hydrogens is 757 g/mol. The second-order valence-electron chi connectivity index (χ2n) is 16.5. The topological polar surface area (TPSA) is 165 Å². The molecule has 2 saturated heterocycles. The maximum atomic E-state index is 14.2. The van der Waals surface area contributed by atoms with Gasteiger partial charge in [-0.1, -0.05) is 52.0 Å². The summed E-state index contributed by atoms with van der Waals surface area (Å²) in [5.74, 6) is -0.866. The monoisotopic (exact) mass is 816 g/mol. The minimum absolute atomic E-state index is 0.123. The lowest BCUT2D eigenvalue weighted by molar-refractivity contribution is -0.144. The molecule has 15 heteroatoms. The minimum Gasteiger partial charge on any atom is -0.448 e. The van der Waals surface area contributed by atoms with Crippen LogP contribution in [0, 0.1) is 18.3 Å². The summed E-state index contributed by atoms with van der Waals surface area (Å²) in [6.45, 7) is 16.8. The number of hydrogen-bond acceptors (Lipinski definition) is 10. The maximum absolute atomic E-state index is 14.2. The summed E-state index contributed by atoms with van der Waals surface area (Å²) in [5, 5.41) is 11.4. The Kier molecular flexibility index (Phi) is 15.3. The van der Waals surface area contributed by atoms with Gasteiger partial charge in [0.15, 0.2) is 0 Å². The van der Waals surface area contributed by atoms with Crippen LogP contribution < -0.4 is 26.2 Å². The fourth-order valence-electron chi connectivity index (χ4n) is 7.43. The second-order valence-corrected chi connectivity index (χ2v) is 17.3. The van der Waals surface area contributed by atoms with Crippen LogP contribution in [0.25, 0.3) is 10.4 Å². The molecule has 5 amide bonds. The predicted octanol–water partition coefficient (Wildman–Crippen LogP) is 4.75. The lowest BCUT2D eigenvalue weighted by atomic mass is 9.85. The summed E-state index contributed by atoms with van der Waals surface area (Å²) in [7, 11) is 1.54. The van der Waals surface area contributed by atoms with Gasteiger partial charge in [-0.2, -0.15) is 0 Å². The van der Waals surface area contributed by atoms with E-state index in [1.807, 2.05) is 83.5 Å². The van der Waals surface area contributed by atoms with Crippen molar-refractivity contribution in [3.05, 3.63) is 70.9 Å². The predicted molar refractivity (Wildman–Crippen MR) is 227 cm³/mol. The van der Waals surface area contributed by atoms with Gasteiger partial charge in [0.25, 0.3) is 5.91 Å². The molecular formula is C43H60N8O6S. The number of alkyl carbamates (subject to hydrolysis) is 1. The van der Waals surface area contributed by atoms with Crippen molar-refractivity contribution in [2.75, 3.05) is 64.4 Å². The summed E-state index contributed by atoms with van der Waals surface area (Å²) in [4.78, 5) is 76.9. The van der Waals surface area contributed by atoms with E-state index in [1.165, 1.54) is 7.05 Å². The molecule has 0 aliphatic carbocycles. The summed E-state index contributed by atoms with van der Waals surface area (Å²) in [6.07, 6.45) is 0.635. The number of thiazole rings is 1. The molecule has 314 valence electrons. The van der Waals surface area contributed by atoms with E-state index in [4.69, 9.17) is 4.74 Å². The number of carbonyl (C=O) groups is 5. The zero-order valence-electron chi connectivity index (χ0n) is 34.9. The fourth-order valence-corrected chi connectivity index (χ4v) is 8.24. The van der Waals surface area contributed by atoms with E-state index in [0.29, 0.717) is 44.6 Å². The molecule has 0 saturated carbocycles. The molecule has 14 nitrogen and oxygen atoms in total. The average molecular weight is 817 g/mol. The molecule has 4 atom stereocenters. The largest absolute Gasteiger partial charge is 0.448 e. The van der Waals surface area contributed by atoms with E-state index in [9.17, 15) is 24.0 Å². The molecule has 0 bridgehead atoms. The SMILES string of the molecule is CNC(=O)OCCN1CCN(c2ccc(C(=O)NCCCC(=O)N[C@H](C(=O)N3C[C@H](C)C[C@H]3C(=O)N[C@@H](C)c3ccc(-c4scnc4C)cc3)C(C)(C)C)cc2)CC1. The standard InChI is InChI=1S/C43H60N8O6S/c1-28-25-35(40(54)47-29(2)31-10-12-32(13-11-31)37-30(3)46-27-58-37)51(26-28)41(55)38(43(4,5)6)48-36(52)9-8-18-45-39(53)33-14-16-34(17-15-33)50-21-19-49(20-22-50)23-24-57-42(56)44-7/h10-17,27-29,35,38H,8-9,18-26H2,1-7H3,(H,44,56)(H,45,53)(H,47,54)(H,48,52)/t28-,29+,35+,38-/m1/s1. The Morgan fingerprint density at radius 2 is 1.66 bits per heavy atom. The third-order valence-electron chi connectivity index (χ3n) is 10.9. The van der Waals surface area contributed by atoms with Gasteiger partial charge in [0.05, 0.1) is 22.1 Å². The van der Waals surface area contributed by atoms with Gasteiger partial charge in [0, 0.05) is 70.5 Å². The number of rotatable bonds is 15. The van der Waals surface area contributed by atoms with Crippen LogP contribution in [0.1, 0.15) is 81.5 Å². The first kappa shape index (κ1) is 44.1. The lowest BCUT2D eigenvalue weighted by Gasteiger charge is -2.36. The highest BCUT2D eigenvalue weighted by molar-refractivity contribution is 7.13. The summed E-state index contributed by atoms with van der Waals surface area (Å²) >= 11 is 1.60. The lowest BCUT2D eigenvalue weighted by Crippen LogP contribution is -2.57. The molecule has 0 radical (unpaired) electrons. The van der Waals surface area contributed by atoms with Crippen molar-refractivity contribution in [1.29, 1.82) is 0 Å². The molecule has 4 N–H and O–H groups in total. The van der Waals surface area contributed by atoms with Crippen LogP contribution in [0.2, 0.25) is 0 Å². The van der Waals surface area contributed by atoms with Crippen molar-refractivity contribution >= 4 is 46.7 Å². The van der Waals surface area contributed by atoms with Crippen molar-refractivity contribution in [2.24, 2.45) is 11.3 Å². The highest BCUT2D eigenvalue weighted by Gasteiger charge is 2.44. The minimum atomic E-state index is -0.833. The molecule has 58 heavy (non-hydrogen) atoms. The first-order valence-corrected chi connectivity index (χ1v) is 21.1. The quantitative estimate of drug-likeness (QED) is 0.159. The Morgan fingerprint density at radius 1 is 0.966 bits per heavy atom. The average Bonchev–Trinajstić information content (AvgIpc) is 3.83. The van der Waals surface area contributed by atoms with Gasteiger partial charge in [-0.15, -0.1) is 11.3 Å². The van der Waals surface area contributed by atoms with E-state index < -0.39 is 23.6 Å². The van der Waals surface area contributed by atoms with E-state index in [0.717, 1.165) is 53.6 Å². The van der Waals surface area contributed by atoms with E-state index in [2.05, 4.69) is 36.1 Å². The molecule has 1 aromatic heterocycles.